The van der Waals surface area contributed by atoms with Crippen molar-refractivity contribution < 1.29 is 9.90 Å². The zero-order chi connectivity index (χ0) is 8.15. The molecule has 0 fully saturated rings. The number of carboxylic acids is 1. The predicted molar refractivity (Wildman–Crippen MR) is 48.0 cm³/mol. The summed E-state index contributed by atoms with van der Waals surface area (Å²) in [7, 11) is 1.89. The molecule has 0 amide bonds. The first-order valence-electron chi connectivity index (χ1n) is 2.79. The van der Waals surface area contributed by atoms with Gasteiger partial charge in [0.2, 0.25) is 0 Å². The van der Waals surface area contributed by atoms with Gasteiger partial charge in [-0.2, -0.15) is 0 Å². The van der Waals surface area contributed by atoms with Gasteiger partial charge in [-0.1, -0.05) is 5.57 Å². The maximum absolute atomic E-state index is 10.1. The van der Waals surface area contributed by atoms with Crippen molar-refractivity contribution >= 4 is 28.8 Å². The van der Waals surface area contributed by atoms with E-state index >= 15 is 0 Å². The largest absolute Gasteiger partial charge is 0.478 e. The van der Waals surface area contributed by atoms with Gasteiger partial charge in [-0.25, -0.2) is 7.91 Å². The van der Waals surface area contributed by atoms with Crippen molar-refractivity contribution in [2.75, 3.05) is 13.6 Å². The summed E-state index contributed by atoms with van der Waals surface area (Å²) in [5.74, 6) is -0.879. The van der Waals surface area contributed by atoms with Gasteiger partial charge in [0.25, 0.3) is 0 Å². The Kier molecular flexibility index (Phi) is 4.63. The molecule has 4 heteroatoms. The van der Waals surface area contributed by atoms with E-state index in [1.165, 1.54) is 6.08 Å². The van der Waals surface area contributed by atoms with Crippen LogP contribution in [-0.2, 0) is 4.79 Å². The molecule has 0 heterocycles. The lowest BCUT2D eigenvalue weighted by molar-refractivity contribution is -0.131. The lowest BCUT2D eigenvalue weighted by atomic mass is 10.3. The Bertz CT molecular complexity index is 154. The zero-order valence-corrected chi connectivity index (χ0v) is 8.12. The smallest absolute Gasteiger partial charge is 0.328 e. The van der Waals surface area contributed by atoms with Crippen LogP contribution in [0.4, 0.5) is 0 Å². The standard InChI is InChI=1S/C6H10INO2/c1-5(3-6(9)10)4-8(2)7/h3H,4H2,1-2H3,(H,9,10)/b5-3-. The summed E-state index contributed by atoms with van der Waals surface area (Å²) in [5.41, 5.74) is 0.851. The molecule has 3 nitrogen and oxygen atoms in total. The van der Waals surface area contributed by atoms with Crippen molar-refractivity contribution in [3.8, 4) is 0 Å². The quantitative estimate of drug-likeness (QED) is 0.469. The van der Waals surface area contributed by atoms with Crippen LogP contribution in [0.15, 0.2) is 11.6 Å². The van der Waals surface area contributed by atoms with Crippen LogP contribution in [0.5, 0.6) is 0 Å². The van der Waals surface area contributed by atoms with Crippen molar-refractivity contribution in [1.29, 1.82) is 0 Å². The van der Waals surface area contributed by atoms with Gasteiger partial charge in [-0.15, -0.1) is 0 Å². The van der Waals surface area contributed by atoms with Crippen molar-refractivity contribution in [2.45, 2.75) is 6.92 Å². The van der Waals surface area contributed by atoms with E-state index in [9.17, 15) is 4.79 Å². The summed E-state index contributed by atoms with van der Waals surface area (Å²) in [4.78, 5) is 10.1. The van der Waals surface area contributed by atoms with E-state index in [1.807, 2.05) is 10.2 Å². The lowest BCUT2D eigenvalue weighted by Crippen LogP contribution is -2.07. The fourth-order valence-corrected chi connectivity index (χ4v) is 1.14. The van der Waals surface area contributed by atoms with Gasteiger partial charge in [0.15, 0.2) is 0 Å². The van der Waals surface area contributed by atoms with Gasteiger partial charge < -0.3 is 5.11 Å². The van der Waals surface area contributed by atoms with Crippen LogP contribution in [0, 0.1) is 0 Å². The fraction of sp³-hybridized carbons (Fsp3) is 0.500. The van der Waals surface area contributed by atoms with Crippen LogP contribution in [0.2, 0.25) is 0 Å². The third kappa shape index (κ3) is 6.03. The van der Waals surface area contributed by atoms with E-state index in [-0.39, 0.29) is 0 Å². The SMILES string of the molecule is C/C(=C/C(=O)O)CN(C)I. The molecule has 0 rings (SSSR count). The summed E-state index contributed by atoms with van der Waals surface area (Å²) in [6.45, 7) is 2.48. The number of carbonyl (C=O) groups is 1. The molecule has 0 aromatic carbocycles. The van der Waals surface area contributed by atoms with Crippen molar-refractivity contribution in [3.05, 3.63) is 11.6 Å². The summed E-state index contributed by atoms with van der Waals surface area (Å²) in [5, 5.41) is 8.30. The van der Waals surface area contributed by atoms with Crippen molar-refractivity contribution in [2.24, 2.45) is 0 Å². The Morgan fingerprint density at radius 3 is 2.60 bits per heavy atom. The minimum Gasteiger partial charge on any atom is -0.478 e. The van der Waals surface area contributed by atoms with Crippen molar-refractivity contribution in [3.63, 3.8) is 0 Å². The third-order valence-corrected chi connectivity index (χ3v) is 1.18. The van der Waals surface area contributed by atoms with Crippen LogP contribution in [0.25, 0.3) is 0 Å². The van der Waals surface area contributed by atoms with Crippen LogP contribution < -0.4 is 0 Å². The van der Waals surface area contributed by atoms with Crippen LogP contribution >= 0.6 is 22.9 Å². The Morgan fingerprint density at radius 1 is 1.80 bits per heavy atom. The zero-order valence-electron chi connectivity index (χ0n) is 5.97. The molecule has 0 aromatic heterocycles. The topological polar surface area (TPSA) is 40.5 Å². The molecule has 0 unspecified atom stereocenters. The van der Waals surface area contributed by atoms with Gasteiger partial charge in [-0.3, -0.25) is 0 Å². The average Bonchev–Trinajstić information content (AvgIpc) is 1.58. The number of rotatable bonds is 3. The highest BCUT2D eigenvalue weighted by atomic mass is 127. The van der Waals surface area contributed by atoms with Gasteiger partial charge in [0.05, 0.1) is 0 Å². The molecule has 0 spiro atoms. The van der Waals surface area contributed by atoms with Crippen LogP contribution in [-0.4, -0.2) is 27.8 Å². The Balaban J connectivity index is 3.83. The number of carboxylic acid groups (broad SMARTS) is 1. The number of hydrogen-bond donors (Lipinski definition) is 1. The van der Waals surface area contributed by atoms with E-state index in [0.717, 1.165) is 5.57 Å². The number of nitrogens with zero attached hydrogens (tertiary/aromatic N) is 1. The second-order valence-electron chi connectivity index (χ2n) is 2.09. The first kappa shape index (κ1) is 9.90. The van der Waals surface area contributed by atoms with Gasteiger partial charge in [0.1, 0.15) is 0 Å². The molecule has 0 aromatic rings. The number of aliphatic carboxylic acids is 1. The Morgan fingerprint density at radius 2 is 2.30 bits per heavy atom. The minimum absolute atomic E-state index is 0.687. The molecule has 0 aliphatic heterocycles. The third-order valence-electron chi connectivity index (χ3n) is 0.837. The Labute approximate surface area is 74.2 Å². The molecule has 0 saturated carbocycles. The van der Waals surface area contributed by atoms with E-state index in [1.54, 1.807) is 6.92 Å². The maximum Gasteiger partial charge on any atom is 0.328 e. The molecule has 58 valence electrons. The van der Waals surface area contributed by atoms with Gasteiger partial charge in [-0.05, 0) is 14.0 Å². The molecule has 1 N–H and O–H groups in total. The second-order valence-corrected chi connectivity index (χ2v) is 3.74. The molecule has 0 aliphatic rings. The number of likely N-dealkylation sites (N-methyl/N-ethyl adjacent to an activating group) is 1. The van der Waals surface area contributed by atoms with Crippen LogP contribution in [0.1, 0.15) is 6.92 Å². The Hall–Kier alpha value is -0.100. The molecule has 0 aliphatic carbocycles. The summed E-state index contributed by atoms with van der Waals surface area (Å²) >= 11 is 2.10. The van der Waals surface area contributed by atoms with Gasteiger partial charge in [0, 0.05) is 35.5 Å². The molecule has 0 radical (unpaired) electrons. The summed E-state index contributed by atoms with van der Waals surface area (Å²) < 4.78 is 1.90. The van der Waals surface area contributed by atoms with E-state index in [4.69, 9.17) is 5.11 Å². The van der Waals surface area contributed by atoms with E-state index < -0.39 is 5.97 Å². The minimum atomic E-state index is -0.879. The summed E-state index contributed by atoms with van der Waals surface area (Å²) in [6.07, 6.45) is 1.22. The monoisotopic (exact) mass is 255 g/mol. The normalized spacial score (nSPS) is 12.2. The predicted octanol–water partition coefficient (Wildman–Crippen LogP) is 1.30. The first-order valence-corrected chi connectivity index (χ1v) is 3.76. The maximum atomic E-state index is 10.1. The molecule has 0 saturated heterocycles. The highest BCUT2D eigenvalue weighted by Gasteiger charge is 1.95. The number of halogens is 1. The van der Waals surface area contributed by atoms with Crippen molar-refractivity contribution in [1.82, 2.24) is 3.11 Å². The van der Waals surface area contributed by atoms with E-state index in [2.05, 4.69) is 22.9 Å². The molecule has 0 atom stereocenters. The highest BCUT2D eigenvalue weighted by molar-refractivity contribution is 14.1. The van der Waals surface area contributed by atoms with Gasteiger partial charge >= 0.3 is 5.97 Å². The molecule has 0 bridgehead atoms. The first-order chi connectivity index (χ1) is 4.52. The molecule has 10 heavy (non-hydrogen) atoms. The summed E-state index contributed by atoms with van der Waals surface area (Å²) in [6, 6.07) is 0. The lowest BCUT2D eigenvalue weighted by Gasteiger charge is -2.05. The molecular formula is C6H10INO2. The highest BCUT2D eigenvalue weighted by Crippen LogP contribution is 1.99. The molecular weight excluding hydrogens is 245 g/mol. The number of hydrogen-bond acceptors (Lipinski definition) is 2. The average molecular weight is 255 g/mol. The fourth-order valence-electron chi connectivity index (χ4n) is 0.600. The van der Waals surface area contributed by atoms with E-state index in [0.29, 0.717) is 6.54 Å². The second kappa shape index (κ2) is 4.68. The van der Waals surface area contributed by atoms with Crippen LogP contribution in [0.3, 0.4) is 0 Å².